The SMILES string of the molecule is Cc1ccc(C)c(OCCSc2nnc(CCC(N)=O)n2C2CC2)c1. The van der Waals surface area contributed by atoms with Crippen LogP contribution in [-0.4, -0.2) is 33.0 Å². The molecular formula is C18H24N4O2S. The summed E-state index contributed by atoms with van der Waals surface area (Å²) in [6, 6.07) is 6.70. The van der Waals surface area contributed by atoms with Crippen LogP contribution >= 0.6 is 11.8 Å². The van der Waals surface area contributed by atoms with Gasteiger partial charge in [-0.3, -0.25) is 4.79 Å². The summed E-state index contributed by atoms with van der Waals surface area (Å²) in [5.74, 6) is 2.29. The molecule has 0 saturated heterocycles. The number of hydrogen-bond acceptors (Lipinski definition) is 5. The van der Waals surface area contributed by atoms with E-state index >= 15 is 0 Å². The van der Waals surface area contributed by atoms with E-state index in [0.717, 1.165) is 40.9 Å². The number of benzene rings is 1. The number of amides is 1. The highest BCUT2D eigenvalue weighted by Gasteiger charge is 2.29. The van der Waals surface area contributed by atoms with Gasteiger partial charge < -0.3 is 15.0 Å². The van der Waals surface area contributed by atoms with Crippen molar-refractivity contribution in [2.75, 3.05) is 12.4 Å². The molecule has 0 spiro atoms. The number of aromatic nitrogens is 3. The average Bonchev–Trinajstić information content (AvgIpc) is 3.33. The molecule has 3 rings (SSSR count). The van der Waals surface area contributed by atoms with E-state index in [-0.39, 0.29) is 5.91 Å². The number of primary amides is 1. The summed E-state index contributed by atoms with van der Waals surface area (Å²) < 4.78 is 8.07. The number of carbonyl (C=O) groups excluding carboxylic acids is 1. The standard InChI is InChI=1S/C18H24N4O2S/c1-12-3-4-13(2)15(11-12)24-9-10-25-18-21-20-17(8-7-16(19)23)22(18)14-5-6-14/h3-4,11,14H,5-10H2,1-2H3,(H2,19,23). The van der Waals surface area contributed by atoms with Crippen LogP contribution in [0, 0.1) is 13.8 Å². The Balaban J connectivity index is 1.56. The number of nitrogens with two attached hydrogens (primary N) is 1. The van der Waals surface area contributed by atoms with Gasteiger partial charge in [-0.25, -0.2) is 0 Å². The number of nitrogens with zero attached hydrogens (tertiary/aromatic N) is 3. The molecule has 7 heteroatoms. The van der Waals surface area contributed by atoms with Crippen LogP contribution < -0.4 is 10.5 Å². The molecule has 2 aromatic rings. The van der Waals surface area contributed by atoms with Gasteiger partial charge in [0.15, 0.2) is 5.16 Å². The van der Waals surface area contributed by atoms with Crippen molar-refractivity contribution < 1.29 is 9.53 Å². The van der Waals surface area contributed by atoms with Crippen molar-refractivity contribution in [3.63, 3.8) is 0 Å². The molecule has 1 amide bonds. The van der Waals surface area contributed by atoms with Gasteiger partial charge in [0.25, 0.3) is 0 Å². The second kappa shape index (κ2) is 7.91. The van der Waals surface area contributed by atoms with Crippen molar-refractivity contribution in [2.45, 2.75) is 50.7 Å². The van der Waals surface area contributed by atoms with Crippen molar-refractivity contribution in [3.8, 4) is 5.75 Å². The summed E-state index contributed by atoms with van der Waals surface area (Å²) >= 11 is 1.65. The predicted octanol–water partition coefficient (Wildman–Crippen LogP) is 2.82. The molecule has 134 valence electrons. The van der Waals surface area contributed by atoms with Crippen LogP contribution in [0.25, 0.3) is 0 Å². The van der Waals surface area contributed by atoms with Crippen molar-refractivity contribution in [1.29, 1.82) is 0 Å². The fraction of sp³-hybridized carbons (Fsp3) is 0.500. The molecule has 0 unspecified atom stereocenters. The molecule has 6 nitrogen and oxygen atoms in total. The van der Waals surface area contributed by atoms with Crippen LogP contribution in [-0.2, 0) is 11.2 Å². The molecule has 0 atom stereocenters. The molecule has 1 aromatic carbocycles. The molecule has 0 bridgehead atoms. The van der Waals surface area contributed by atoms with Gasteiger partial charge in [0.05, 0.1) is 6.61 Å². The maximum Gasteiger partial charge on any atom is 0.217 e. The minimum atomic E-state index is -0.304. The van der Waals surface area contributed by atoms with Crippen LogP contribution in [0.5, 0.6) is 5.75 Å². The maximum absolute atomic E-state index is 11.0. The summed E-state index contributed by atoms with van der Waals surface area (Å²) in [5.41, 5.74) is 7.59. The molecule has 1 aliphatic rings. The zero-order valence-electron chi connectivity index (χ0n) is 14.7. The first-order valence-corrected chi connectivity index (χ1v) is 9.58. The predicted molar refractivity (Wildman–Crippen MR) is 97.9 cm³/mol. The van der Waals surface area contributed by atoms with Crippen molar-refractivity contribution in [1.82, 2.24) is 14.8 Å². The first-order valence-electron chi connectivity index (χ1n) is 8.59. The van der Waals surface area contributed by atoms with Crippen LogP contribution in [0.1, 0.15) is 42.3 Å². The highest BCUT2D eigenvalue weighted by atomic mass is 32.2. The number of ether oxygens (including phenoxy) is 1. The Morgan fingerprint density at radius 2 is 2.16 bits per heavy atom. The van der Waals surface area contributed by atoms with Gasteiger partial charge in [-0.1, -0.05) is 23.9 Å². The van der Waals surface area contributed by atoms with E-state index in [9.17, 15) is 4.79 Å². The molecule has 0 radical (unpaired) electrons. The van der Waals surface area contributed by atoms with E-state index in [0.29, 0.717) is 25.5 Å². The molecular weight excluding hydrogens is 336 g/mol. The lowest BCUT2D eigenvalue weighted by molar-refractivity contribution is -0.118. The highest BCUT2D eigenvalue weighted by molar-refractivity contribution is 7.99. The van der Waals surface area contributed by atoms with Crippen molar-refractivity contribution in [3.05, 3.63) is 35.2 Å². The Labute approximate surface area is 152 Å². The molecule has 1 aromatic heterocycles. The Kier molecular flexibility index (Phi) is 5.63. The van der Waals surface area contributed by atoms with Crippen LogP contribution in [0.3, 0.4) is 0 Å². The number of hydrogen-bond donors (Lipinski definition) is 1. The van der Waals surface area contributed by atoms with Gasteiger partial charge >= 0.3 is 0 Å². The maximum atomic E-state index is 11.0. The second-order valence-corrected chi connectivity index (χ2v) is 7.49. The topological polar surface area (TPSA) is 83.0 Å². The Bertz CT molecular complexity index is 756. The third kappa shape index (κ3) is 4.75. The Morgan fingerprint density at radius 3 is 2.88 bits per heavy atom. The quantitative estimate of drug-likeness (QED) is 0.549. The van der Waals surface area contributed by atoms with Crippen molar-refractivity contribution in [2.24, 2.45) is 5.73 Å². The van der Waals surface area contributed by atoms with Gasteiger partial charge in [0, 0.05) is 24.6 Å². The minimum absolute atomic E-state index is 0.304. The van der Waals surface area contributed by atoms with E-state index in [2.05, 4.69) is 46.8 Å². The van der Waals surface area contributed by atoms with E-state index in [4.69, 9.17) is 10.5 Å². The van der Waals surface area contributed by atoms with E-state index in [1.807, 2.05) is 0 Å². The Morgan fingerprint density at radius 1 is 1.36 bits per heavy atom. The fourth-order valence-corrected chi connectivity index (χ4v) is 3.50. The largest absolute Gasteiger partial charge is 0.492 e. The molecule has 1 fully saturated rings. The summed E-state index contributed by atoms with van der Waals surface area (Å²) in [7, 11) is 0. The number of thioether (sulfide) groups is 1. The molecule has 25 heavy (non-hydrogen) atoms. The second-order valence-electron chi connectivity index (χ2n) is 6.43. The van der Waals surface area contributed by atoms with E-state index < -0.39 is 0 Å². The number of rotatable bonds is 9. The highest BCUT2D eigenvalue weighted by Crippen LogP contribution is 2.39. The smallest absolute Gasteiger partial charge is 0.217 e. The third-order valence-corrected chi connectivity index (χ3v) is 5.07. The molecule has 2 N–H and O–H groups in total. The van der Waals surface area contributed by atoms with Gasteiger partial charge in [-0.05, 0) is 43.9 Å². The molecule has 1 heterocycles. The fourth-order valence-electron chi connectivity index (χ4n) is 2.66. The third-order valence-electron chi connectivity index (χ3n) is 4.16. The average molecular weight is 360 g/mol. The minimum Gasteiger partial charge on any atom is -0.492 e. The normalized spacial score (nSPS) is 13.8. The number of aryl methyl sites for hydroxylation is 3. The van der Waals surface area contributed by atoms with Gasteiger partial charge in [0.1, 0.15) is 11.6 Å². The lowest BCUT2D eigenvalue weighted by atomic mass is 10.1. The summed E-state index contributed by atoms with van der Waals surface area (Å²) in [4.78, 5) is 11.0. The molecule has 0 aliphatic heterocycles. The van der Waals surface area contributed by atoms with Crippen LogP contribution in [0.2, 0.25) is 0 Å². The lowest BCUT2D eigenvalue weighted by Crippen LogP contribution is -2.13. The van der Waals surface area contributed by atoms with Crippen LogP contribution in [0.15, 0.2) is 23.4 Å². The molecule has 1 saturated carbocycles. The van der Waals surface area contributed by atoms with Crippen LogP contribution in [0.4, 0.5) is 0 Å². The lowest BCUT2D eigenvalue weighted by Gasteiger charge is -2.11. The number of carbonyl (C=O) groups is 1. The Hall–Kier alpha value is -2.02. The van der Waals surface area contributed by atoms with Gasteiger partial charge in [-0.15, -0.1) is 10.2 Å². The zero-order valence-corrected chi connectivity index (χ0v) is 15.5. The summed E-state index contributed by atoms with van der Waals surface area (Å²) in [6.45, 7) is 4.73. The monoisotopic (exact) mass is 360 g/mol. The first kappa shape index (κ1) is 17.8. The molecule has 1 aliphatic carbocycles. The summed E-state index contributed by atoms with van der Waals surface area (Å²) in [6.07, 6.45) is 3.16. The van der Waals surface area contributed by atoms with E-state index in [1.54, 1.807) is 11.8 Å². The van der Waals surface area contributed by atoms with E-state index in [1.165, 1.54) is 5.56 Å². The van der Waals surface area contributed by atoms with Gasteiger partial charge in [0.2, 0.25) is 5.91 Å². The van der Waals surface area contributed by atoms with Gasteiger partial charge in [-0.2, -0.15) is 0 Å². The zero-order chi connectivity index (χ0) is 17.8. The van der Waals surface area contributed by atoms with Crippen molar-refractivity contribution >= 4 is 17.7 Å². The first-order chi connectivity index (χ1) is 12.0. The summed E-state index contributed by atoms with van der Waals surface area (Å²) in [5, 5.41) is 9.46.